The molecule has 4 rings (SSSR count). The maximum atomic E-state index is 14.5. The number of aromatic amines is 1. The maximum Gasteiger partial charge on any atom is 0.225 e. The number of furan rings is 1. The third-order valence-corrected chi connectivity index (χ3v) is 4.98. The summed E-state index contributed by atoms with van der Waals surface area (Å²) < 4.78 is 19.8. The second-order valence-electron chi connectivity index (χ2n) is 7.01. The number of hydrogen-bond donors (Lipinski definition) is 3. The van der Waals surface area contributed by atoms with Crippen LogP contribution in [0.3, 0.4) is 0 Å². The van der Waals surface area contributed by atoms with Gasteiger partial charge in [0.15, 0.2) is 0 Å². The van der Waals surface area contributed by atoms with Crippen molar-refractivity contribution in [2.75, 3.05) is 5.32 Å². The molecule has 0 fully saturated rings. The average Bonchev–Trinajstić information content (AvgIpc) is 3.46. The second kappa shape index (κ2) is 8.65. The molecule has 7 heteroatoms. The first-order valence-electron chi connectivity index (χ1n) is 9.53. The number of aromatic nitrogens is 2. The lowest BCUT2D eigenvalue weighted by Crippen LogP contribution is -2.24. The second-order valence-corrected chi connectivity index (χ2v) is 7.01. The van der Waals surface area contributed by atoms with Gasteiger partial charge in [-0.2, -0.15) is 5.10 Å². The number of amides is 1. The van der Waals surface area contributed by atoms with E-state index in [2.05, 4.69) is 15.5 Å². The number of halogens is 1. The molecule has 0 bridgehead atoms. The number of nitrogens with two attached hydrogens (primary N) is 1. The van der Waals surface area contributed by atoms with Crippen molar-refractivity contribution >= 4 is 11.6 Å². The Balaban J connectivity index is 1.48. The fraction of sp³-hybridized carbons (Fsp3) is 0.130. The highest BCUT2D eigenvalue weighted by Gasteiger charge is 2.23. The topological polar surface area (TPSA) is 96.9 Å². The summed E-state index contributed by atoms with van der Waals surface area (Å²) in [5.41, 5.74) is 9.66. The van der Waals surface area contributed by atoms with Gasteiger partial charge in [-0.25, -0.2) is 4.39 Å². The molecule has 152 valence electrons. The zero-order chi connectivity index (χ0) is 20.9. The monoisotopic (exact) mass is 404 g/mol. The molecule has 1 unspecified atom stereocenters. The summed E-state index contributed by atoms with van der Waals surface area (Å²) in [6.07, 6.45) is 5.33. The van der Waals surface area contributed by atoms with Crippen molar-refractivity contribution in [3.05, 3.63) is 96.0 Å². The van der Waals surface area contributed by atoms with Crippen LogP contribution in [0.1, 0.15) is 22.8 Å². The lowest BCUT2D eigenvalue weighted by molar-refractivity contribution is -0.119. The summed E-state index contributed by atoms with van der Waals surface area (Å²) in [6.45, 7) is 0.552. The minimum Gasteiger partial charge on any atom is -0.469 e. The third kappa shape index (κ3) is 4.41. The molecular weight excluding hydrogens is 383 g/mol. The Bertz CT molecular complexity index is 1110. The van der Waals surface area contributed by atoms with Gasteiger partial charge in [0.05, 0.1) is 18.4 Å². The van der Waals surface area contributed by atoms with Gasteiger partial charge in [0.1, 0.15) is 11.6 Å². The predicted octanol–water partition coefficient (Wildman–Crippen LogP) is 4.23. The van der Waals surface area contributed by atoms with E-state index in [0.717, 1.165) is 16.7 Å². The van der Waals surface area contributed by atoms with E-state index in [0.29, 0.717) is 18.0 Å². The Kier molecular flexibility index (Phi) is 5.61. The molecule has 0 aliphatic rings. The van der Waals surface area contributed by atoms with Crippen LogP contribution in [0.2, 0.25) is 0 Å². The van der Waals surface area contributed by atoms with Gasteiger partial charge in [0.25, 0.3) is 0 Å². The molecule has 1 amide bonds. The van der Waals surface area contributed by atoms with E-state index in [1.54, 1.807) is 30.5 Å². The number of carbonyl (C=O) groups excluding carboxylic acids is 1. The van der Waals surface area contributed by atoms with Gasteiger partial charge in [0.2, 0.25) is 5.91 Å². The first kappa shape index (κ1) is 19.4. The zero-order valence-electron chi connectivity index (χ0n) is 16.1. The van der Waals surface area contributed by atoms with E-state index >= 15 is 0 Å². The average molecular weight is 404 g/mol. The molecule has 1 atom stereocenters. The zero-order valence-corrected chi connectivity index (χ0v) is 16.1. The number of carbonyl (C=O) groups is 1. The van der Waals surface area contributed by atoms with Crippen LogP contribution in [0, 0.1) is 5.82 Å². The standard InChI is InChI=1S/C23H21FN4O2/c24-22-8-7-18(10-20(22)21(23(25)29)11-19-2-1-9-30-19)26-12-15-3-5-16(6-4-15)17-13-27-28-14-17/h1-10,13-14,21,26H,11-12H2,(H2,25,29)(H,27,28). The molecule has 2 aromatic carbocycles. The number of rotatable bonds is 8. The number of nitrogens with one attached hydrogen (secondary N) is 2. The van der Waals surface area contributed by atoms with Gasteiger partial charge < -0.3 is 15.5 Å². The lowest BCUT2D eigenvalue weighted by Gasteiger charge is -2.16. The summed E-state index contributed by atoms with van der Waals surface area (Å²) in [5, 5.41) is 10.0. The van der Waals surface area contributed by atoms with Crippen LogP contribution in [-0.2, 0) is 17.8 Å². The molecular formula is C23H21FN4O2. The molecule has 30 heavy (non-hydrogen) atoms. The number of nitrogens with zero attached hydrogens (tertiary/aromatic N) is 1. The molecule has 0 spiro atoms. The van der Waals surface area contributed by atoms with Crippen LogP contribution in [0.4, 0.5) is 10.1 Å². The molecule has 2 heterocycles. The van der Waals surface area contributed by atoms with E-state index in [9.17, 15) is 9.18 Å². The maximum absolute atomic E-state index is 14.5. The fourth-order valence-electron chi connectivity index (χ4n) is 3.34. The highest BCUT2D eigenvalue weighted by Crippen LogP contribution is 2.27. The SMILES string of the molecule is NC(=O)C(Cc1ccco1)c1cc(NCc2ccc(-c3cn[nH]c3)cc2)ccc1F. The van der Waals surface area contributed by atoms with Crippen molar-refractivity contribution in [2.24, 2.45) is 5.73 Å². The number of H-pyrrole nitrogens is 1. The van der Waals surface area contributed by atoms with Gasteiger partial charge in [-0.1, -0.05) is 24.3 Å². The van der Waals surface area contributed by atoms with E-state index in [1.807, 2.05) is 30.5 Å². The highest BCUT2D eigenvalue weighted by molar-refractivity contribution is 5.82. The molecule has 0 saturated carbocycles. The highest BCUT2D eigenvalue weighted by atomic mass is 19.1. The van der Waals surface area contributed by atoms with Crippen molar-refractivity contribution in [3.63, 3.8) is 0 Å². The van der Waals surface area contributed by atoms with Gasteiger partial charge in [-0.3, -0.25) is 9.89 Å². The summed E-state index contributed by atoms with van der Waals surface area (Å²) in [4.78, 5) is 12.0. The van der Waals surface area contributed by atoms with Gasteiger partial charge in [0, 0.05) is 36.0 Å². The number of anilines is 1. The summed E-state index contributed by atoms with van der Waals surface area (Å²) in [6, 6.07) is 16.2. The van der Waals surface area contributed by atoms with Gasteiger partial charge >= 0.3 is 0 Å². The van der Waals surface area contributed by atoms with Crippen molar-refractivity contribution in [1.82, 2.24) is 10.2 Å². The minimum atomic E-state index is -0.813. The van der Waals surface area contributed by atoms with Gasteiger partial charge in [-0.15, -0.1) is 0 Å². The van der Waals surface area contributed by atoms with E-state index in [-0.39, 0.29) is 12.0 Å². The lowest BCUT2D eigenvalue weighted by atomic mass is 9.93. The Morgan fingerprint density at radius 2 is 2.00 bits per heavy atom. The predicted molar refractivity (Wildman–Crippen MR) is 112 cm³/mol. The number of benzene rings is 2. The van der Waals surface area contributed by atoms with Crippen LogP contribution >= 0.6 is 0 Å². The molecule has 4 aromatic rings. The quantitative estimate of drug-likeness (QED) is 0.409. The number of hydrogen-bond acceptors (Lipinski definition) is 4. The van der Waals surface area contributed by atoms with Crippen molar-refractivity contribution in [2.45, 2.75) is 18.9 Å². The van der Waals surface area contributed by atoms with Crippen LogP contribution in [-0.4, -0.2) is 16.1 Å². The molecule has 0 radical (unpaired) electrons. The molecule has 2 aromatic heterocycles. The van der Waals surface area contributed by atoms with Gasteiger partial charge in [-0.05, 0) is 41.5 Å². The number of primary amides is 1. The van der Waals surface area contributed by atoms with Crippen LogP contribution in [0.5, 0.6) is 0 Å². The van der Waals surface area contributed by atoms with Crippen molar-refractivity contribution in [3.8, 4) is 11.1 Å². The van der Waals surface area contributed by atoms with Crippen molar-refractivity contribution < 1.29 is 13.6 Å². The van der Waals surface area contributed by atoms with E-state index in [4.69, 9.17) is 10.2 Å². The third-order valence-electron chi connectivity index (χ3n) is 4.98. The first-order valence-corrected chi connectivity index (χ1v) is 9.53. The Morgan fingerprint density at radius 3 is 2.67 bits per heavy atom. The van der Waals surface area contributed by atoms with Crippen LogP contribution in [0.15, 0.2) is 77.7 Å². The largest absolute Gasteiger partial charge is 0.469 e. The summed E-state index contributed by atoms with van der Waals surface area (Å²) in [7, 11) is 0. The van der Waals surface area contributed by atoms with E-state index < -0.39 is 17.6 Å². The summed E-state index contributed by atoms with van der Waals surface area (Å²) >= 11 is 0. The van der Waals surface area contributed by atoms with Crippen LogP contribution < -0.4 is 11.1 Å². The normalized spacial score (nSPS) is 11.9. The van der Waals surface area contributed by atoms with Crippen LogP contribution in [0.25, 0.3) is 11.1 Å². The Morgan fingerprint density at radius 1 is 1.17 bits per heavy atom. The molecule has 0 aliphatic carbocycles. The summed E-state index contributed by atoms with van der Waals surface area (Å²) in [5.74, 6) is -1.31. The molecule has 6 nitrogen and oxygen atoms in total. The smallest absolute Gasteiger partial charge is 0.225 e. The first-order chi connectivity index (χ1) is 14.6. The molecule has 0 aliphatic heterocycles. The minimum absolute atomic E-state index is 0.207. The Hall–Kier alpha value is -3.87. The molecule has 0 saturated heterocycles. The van der Waals surface area contributed by atoms with Crippen molar-refractivity contribution in [1.29, 1.82) is 0 Å². The Labute approximate surface area is 172 Å². The van der Waals surface area contributed by atoms with E-state index in [1.165, 1.54) is 12.3 Å². The molecule has 4 N–H and O–H groups in total. The fourth-order valence-corrected chi connectivity index (χ4v) is 3.34.